The molecule has 96 valence electrons. The van der Waals surface area contributed by atoms with Crippen LogP contribution in [0.15, 0.2) is 0 Å². The van der Waals surface area contributed by atoms with E-state index in [1.807, 2.05) is 13.8 Å². The number of rotatable bonds is 9. The Balaban J connectivity index is 1.98. The molecule has 0 aromatic rings. The van der Waals surface area contributed by atoms with Gasteiger partial charge in [-0.2, -0.15) is 0 Å². The fourth-order valence-corrected chi connectivity index (χ4v) is 1.86. The third kappa shape index (κ3) is 5.80. The molecule has 1 N–H and O–H groups in total. The molecule has 1 aliphatic heterocycles. The largest absolute Gasteiger partial charge is 0.381 e. The molecule has 1 aliphatic rings. The zero-order chi connectivity index (χ0) is 11.6. The summed E-state index contributed by atoms with van der Waals surface area (Å²) in [6.07, 6.45) is 2.05. The first-order valence-electron chi connectivity index (χ1n) is 6.38. The van der Waals surface area contributed by atoms with Crippen LogP contribution >= 0.6 is 0 Å². The van der Waals surface area contributed by atoms with Crippen LogP contribution in [0.4, 0.5) is 0 Å². The smallest absolute Gasteiger partial charge is 0.158 e. The first-order valence-corrected chi connectivity index (χ1v) is 6.38. The lowest BCUT2D eigenvalue weighted by Gasteiger charge is -2.17. The van der Waals surface area contributed by atoms with Crippen LogP contribution in [0.2, 0.25) is 0 Å². The average Bonchev–Trinajstić information content (AvgIpc) is 2.78. The lowest BCUT2D eigenvalue weighted by molar-refractivity contribution is -0.138. The molecule has 0 aromatic carbocycles. The second-order valence-corrected chi connectivity index (χ2v) is 4.06. The zero-order valence-electron chi connectivity index (χ0n) is 10.5. The van der Waals surface area contributed by atoms with E-state index in [0.29, 0.717) is 19.1 Å². The third-order valence-corrected chi connectivity index (χ3v) is 2.72. The summed E-state index contributed by atoms with van der Waals surface area (Å²) in [5.74, 6) is 0.692. The highest BCUT2D eigenvalue weighted by atomic mass is 16.7. The molecule has 16 heavy (non-hydrogen) atoms. The summed E-state index contributed by atoms with van der Waals surface area (Å²) in [5.41, 5.74) is 0. The zero-order valence-corrected chi connectivity index (χ0v) is 10.5. The molecule has 0 aliphatic carbocycles. The quantitative estimate of drug-likeness (QED) is 0.481. The maximum absolute atomic E-state index is 5.47. The van der Waals surface area contributed by atoms with Crippen LogP contribution < -0.4 is 5.32 Å². The van der Waals surface area contributed by atoms with Gasteiger partial charge in [0.05, 0.1) is 6.61 Å². The van der Waals surface area contributed by atoms with E-state index in [1.54, 1.807) is 0 Å². The van der Waals surface area contributed by atoms with E-state index >= 15 is 0 Å². The first-order chi connectivity index (χ1) is 7.86. The van der Waals surface area contributed by atoms with Crippen molar-refractivity contribution in [3.63, 3.8) is 0 Å². The van der Waals surface area contributed by atoms with Gasteiger partial charge in [-0.15, -0.1) is 0 Å². The Morgan fingerprint density at radius 3 is 2.62 bits per heavy atom. The molecular weight excluding hydrogens is 206 g/mol. The number of hydrogen-bond donors (Lipinski definition) is 1. The molecule has 0 aromatic heterocycles. The van der Waals surface area contributed by atoms with Crippen LogP contribution in [0.3, 0.4) is 0 Å². The van der Waals surface area contributed by atoms with Crippen LogP contribution in [-0.4, -0.2) is 45.8 Å². The van der Waals surface area contributed by atoms with Crippen molar-refractivity contribution in [3.05, 3.63) is 0 Å². The van der Waals surface area contributed by atoms with E-state index < -0.39 is 0 Å². The maximum atomic E-state index is 5.47. The number of nitrogens with one attached hydrogen (secondary N) is 1. The van der Waals surface area contributed by atoms with Gasteiger partial charge < -0.3 is 19.5 Å². The lowest BCUT2D eigenvalue weighted by atomic mass is 10.1. The second kappa shape index (κ2) is 8.93. The van der Waals surface area contributed by atoms with Crippen LogP contribution in [0, 0.1) is 5.92 Å². The highest BCUT2D eigenvalue weighted by Gasteiger charge is 2.15. The molecule has 0 radical (unpaired) electrons. The normalized spacial score (nSPS) is 20.8. The number of hydrogen-bond acceptors (Lipinski definition) is 4. The van der Waals surface area contributed by atoms with Gasteiger partial charge >= 0.3 is 0 Å². The summed E-state index contributed by atoms with van der Waals surface area (Å²) < 4.78 is 16.3. The Bertz CT molecular complexity index is 154. The topological polar surface area (TPSA) is 39.7 Å². The minimum absolute atomic E-state index is 0.0534. The van der Waals surface area contributed by atoms with Gasteiger partial charge in [-0.05, 0) is 32.7 Å². The monoisotopic (exact) mass is 231 g/mol. The van der Waals surface area contributed by atoms with Crippen LogP contribution in [0.5, 0.6) is 0 Å². The highest BCUT2D eigenvalue weighted by molar-refractivity contribution is 4.66. The van der Waals surface area contributed by atoms with Crippen molar-refractivity contribution >= 4 is 0 Å². The predicted molar refractivity (Wildman–Crippen MR) is 63.5 cm³/mol. The molecule has 1 saturated heterocycles. The van der Waals surface area contributed by atoms with Gasteiger partial charge in [0.25, 0.3) is 0 Å². The second-order valence-electron chi connectivity index (χ2n) is 4.06. The standard InChI is InChI=1S/C12H25NO3/c1-3-15-12(16-4-2)5-7-13-9-11-6-8-14-10-11/h11-13H,3-10H2,1-2H3. The molecule has 1 heterocycles. The fourth-order valence-electron chi connectivity index (χ4n) is 1.86. The van der Waals surface area contributed by atoms with E-state index in [9.17, 15) is 0 Å². The molecule has 1 unspecified atom stereocenters. The van der Waals surface area contributed by atoms with Gasteiger partial charge in [-0.25, -0.2) is 0 Å². The molecule has 1 rings (SSSR count). The maximum Gasteiger partial charge on any atom is 0.158 e. The summed E-state index contributed by atoms with van der Waals surface area (Å²) in [6, 6.07) is 0. The summed E-state index contributed by atoms with van der Waals surface area (Å²) >= 11 is 0. The lowest BCUT2D eigenvalue weighted by Crippen LogP contribution is -2.28. The summed E-state index contributed by atoms with van der Waals surface area (Å²) in [7, 11) is 0. The van der Waals surface area contributed by atoms with Crippen LogP contribution in [-0.2, 0) is 14.2 Å². The molecule has 1 fully saturated rings. The van der Waals surface area contributed by atoms with Crippen molar-refractivity contribution in [2.45, 2.75) is 33.0 Å². The van der Waals surface area contributed by atoms with E-state index in [-0.39, 0.29) is 6.29 Å². The van der Waals surface area contributed by atoms with E-state index in [0.717, 1.165) is 32.7 Å². The Kier molecular flexibility index (Phi) is 7.76. The number of ether oxygens (including phenoxy) is 3. The predicted octanol–water partition coefficient (Wildman–Crippen LogP) is 1.40. The molecule has 0 bridgehead atoms. The van der Waals surface area contributed by atoms with E-state index in [2.05, 4.69) is 5.32 Å². The molecule has 0 saturated carbocycles. The van der Waals surface area contributed by atoms with Crippen molar-refractivity contribution in [2.75, 3.05) is 39.5 Å². The van der Waals surface area contributed by atoms with Gasteiger partial charge in [0.1, 0.15) is 0 Å². The van der Waals surface area contributed by atoms with Gasteiger partial charge in [0.15, 0.2) is 6.29 Å². The van der Waals surface area contributed by atoms with Gasteiger partial charge in [-0.3, -0.25) is 0 Å². The van der Waals surface area contributed by atoms with Crippen LogP contribution in [0.25, 0.3) is 0 Å². The molecular formula is C12H25NO3. The molecule has 0 spiro atoms. The third-order valence-electron chi connectivity index (χ3n) is 2.72. The highest BCUT2D eigenvalue weighted by Crippen LogP contribution is 2.10. The van der Waals surface area contributed by atoms with E-state index in [4.69, 9.17) is 14.2 Å². The van der Waals surface area contributed by atoms with Crippen molar-refractivity contribution in [2.24, 2.45) is 5.92 Å². The molecule has 4 nitrogen and oxygen atoms in total. The summed E-state index contributed by atoms with van der Waals surface area (Å²) in [6.45, 7) is 9.24. The van der Waals surface area contributed by atoms with Gasteiger partial charge in [-0.1, -0.05) is 0 Å². The van der Waals surface area contributed by atoms with E-state index in [1.165, 1.54) is 6.42 Å². The average molecular weight is 231 g/mol. The molecule has 0 amide bonds. The Labute approximate surface area is 98.6 Å². The van der Waals surface area contributed by atoms with Crippen molar-refractivity contribution in [1.82, 2.24) is 5.32 Å². The Morgan fingerprint density at radius 2 is 2.06 bits per heavy atom. The molecule has 1 atom stereocenters. The minimum Gasteiger partial charge on any atom is -0.381 e. The summed E-state index contributed by atoms with van der Waals surface area (Å²) in [4.78, 5) is 0. The van der Waals surface area contributed by atoms with Crippen LogP contribution in [0.1, 0.15) is 26.7 Å². The SMILES string of the molecule is CCOC(CCNCC1CCOC1)OCC. The van der Waals surface area contributed by atoms with Gasteiger partial charge in [0, 0.05) is 32.8 Å². The Morgan fingerprint density at radius 1 is 1.31 bits per heavy atom. The van der Waals surface area contributed by atoms with Crippen molar-refractivity contribution in [3.8, 4) is 0 Å². The van der Waals surface area contributed by atoms with Crippen molar-refractivity contribution < 1.29 is 14.2 Å². The first kappa shape index (κ1) is 13.9. The summed E-state index contributed by atoms with van der Waals surface area (Å²) in [5, 5.41) is 3.43. The van der Waals surface area contributed by atoms with Crippen molar-refractivity contribution in [1.29, 1.82) is 0 Å². The molecule has 4 heteroatoms. The Hall–Kier alpha value is -0.160. The minimum atomic E-state index is -0.0534. The fraction of sp³-hybridized carbons (Fsp3) is 1.00. The van der Waals surface area contributed by atoms with Gasteiger partial charge in [0.2, 0.25) is 0 Å².